The molecule has 218 valence electrons. The normalized spacial score (nSPS) is 36.8. The summed E-state index contributed by atoms with van der Waals surface area (Å²) in [7, 11) is 0. The summed E-state index contributed by atoms with van der Waals surface area (Å²) < 4.78 is 5.36. The van der Waals surface area contributed by atoms with Crippen LogP contribution >= 0.6 is 0 Å². The van der Waals surface area contributed by atoms with E-state index in [-0.39, 0.29) is 5.97 Å². The van der Waals surface area contributed by atoms with Crippen LogP contribution in [0.4, 0.5) is 0 Å². The Hall–Kier alpha value is -2.61. The van der Waals surface area contributed by atoms with Crippen LogP contribution in [-0.2, 0) is 9.53 Å². The molecule has 0 amide bonds. The molecule has 0 spiro atoms. The van der Waals surface area contributed by atoms with Crippen molar-refractivity contribution in [3.05, 3.63) is 83.9 Å². The quantitative estimate of drug-likeness (QED) is 0.286. The van der Waals surface area contributed by atoms with Crippen LogP contribution < -0.4 is 0 Å². The summed E-state index contributed by atoms with van der Waals surface area (Å²) in [6.45, 7) is 12.4. The van der Waals surface area contributed by atoms with Crippen LogP contribution in [0.15, 0.2) is 72.8 Å². The molecular weight excluding hydrogens is 500 g/mol. The lowest BCUT2D eigenvalue weighted by atomic mass is 9.64. The highest BCUT2D eigenvalue weighted by molar-refractivity contribution is 5.86. The van der Waals surface area contributed by atoms with E-state index >= 15 is 0 Å². The van der Waals surface area contributed by atoms with Gasteiger partial charge in [-0.15, -0.1) is 0 Å². The van der Waals surface area contributed by atoms with Crippen LogP contribution in [0.1, 0.15) is 89.7 Å². The first-order valence-corrected chi connectivity index (χ1v) is 16.6. The minimum atomic E-state index is -0.00836. The van der Waals surface area contributed by atoms with Crippen LogP contribution in [0.3, 0.4) is 0 Å². The number of benzene rings is 3. The van der Waals surface area contributed by atoms with Gasteiger partial charge >= 0.3 is 5.97 Å². The van der Waals surface area contributed by atoms with Crippen molar-refractivity contribution in [2.75, 3.05) is 6.61 Å². The molecule has 11 atom stereocenters. The minimum absolute atomic E-state index is 0.00836. The average Bonchev–Trinajstić information content (AvgIpc) is 3.74. The lowest BCUT2D eigenvalue weighted by molar-refractivity contribution is -0.145. The Labute approximate surface area is 248 Å². The predicted octanol–water partition coefficient (Wildman–Crippen LogP) is 9.89. The Morgan fingerprint density at radius 2 is 1.37 bits per heavy atom. The van der Waals surface area contributed by atoms with Crippen molar-refractivity contribution in [3.8, 4) is 0 Å². The summed E-state index contributed by atoms with van der Waals surface area (Å²) in [6.07, 6.45) is 5.53. The summed E-state index contributed by atoms with van der Waals surface area (Å²) in [5.74, 6) is 8.69. The SMILES string of the molecule is CC1C(C)C2CC1C(c1ccccc1)C2c1cccc2ccccc12.CCCC(=O)OCC1CC2CC1C(C)C2C. The number of fused-ring (bicyclic) bond motifs is 5. The summed E-state index contributed by atoms with van der Waals surface area (Å²) in [5, 5.41) is 2.85. The topological polar surface area (TPSA) is 26.3 Å². The number of carbonyl (C=O) groups is 1. The Balaban J connectivity index is 0.000000164. The molecule has 0 heterocycles. The van der Waals surface area contributed by atoms with Crippen molar-refractivity contribution in [1.82, 2.24) is 0 Å². The molecule has 4 saturated carbocycles. The van der Waals surface area contributed by atoms with Crippen molar-refractivity contribution in [3.63, 3.8) is 0 Å². The Bertz CT molecular complexity index is 1320. The molecule has 2 heteroatoms. The van der Waals surface area contributed by atoms with Gasteiger partial charge < -0.3 is 4.74 Å². The third-order valence-electron chi connectivity index (χ3n) is 12.3. The lowest BCUT2D eigenvalue weighted by Crippen LogP contribution is -2.30. The van der Waals surface area contributed by atoms with E-state index in [0.29, 0.717) is 30.8 Å². The molecule has 11 unspecified atom stereocenters. The summed E-state index contributed by atoms with van der Waals surface area (Å²) in [5.41, 5.74) is 3.13. The maximum absolute atomic E-state index is 11.3. The fourth-order valence-corrected chi connectivity index (χ4v) is 9.86. The van der Waals surface area contributed by atoms with E-state index in [9.17, 15) is 4.79 Å². The Morgan fingerprint density at radius 3 is 2.07 bits per heavy atom. The van der Waals surface area contributed by atoms with Crippen molar-refractivity contribution in [1.29, 1.82) is 0 Å². The highest BCUT2D eigenvalue weighted by Crippen LogP contribution is 2.65. The standard InChI is InChI=1S/C25H26.C14H24O2/c1-16-17(2)23-15-22(16)24(19-10-4-3-5-11-19)25(23)21-14-8-12-18-9-6-7-13-20(18)21;1-4-5-14(15)16-8-12-6-11-7-13(12)10(3)9(11)2/h3-14,16-17,22-25H,15H2,1-2H3;9-13H,4-8H2,1-3H3. The predicted molar refractivity (Wildman–Crippen MR) is 170 cm³/mol. The van der Waals surface area contributed by atoms with E-state index in [2.05, 4.69) is 100 Å². The second kappa shape index (κ2) is 11.9. The molecule has 3 aromatic carbocycles. The van der Waals surface area contributed by atoms with Crippen LogP contribution in [0.5, 0.6) is 0 Å². The van der Waals surface area contributed by atoms with Gasteiger partial charge in [0.05, 0.1) is 6.61 Å². The number of esters is 1. The molecule has 7 rings (SSSR count). The molecule has 4 aliphatic rings. The summed E-state index contributed by atoms with van der Waals surface area (Å²) in [4.78, 5) is 11.3. The van der Waals surface area contributed by atoms with Gasteiger partial charge in [-0.3, -0.25) is 4.79 Å². The van der Waals surface area contributed by atoms with Gasteiger partial charge in [-0.25, -0.2) is 0 Å². The molecular formula is C39H50O2. The second-order valence-corrected chi connectivity index (χ2v) is 14.1. The smallest absolute Gasteiger partial charge is 0.305 e. The Morgan fingerprint density at radius 1 is 0.707 bits per heavy atom. The molecule has 4 bridgehead atoms. The van der Waals surface area contributed by atoms with E-state index in [1.165, 1.54) is 30.0 Å². The van der Waals surface area contributed by atoms with E-state index in [1.54, 1.807) is 11.1 Å². The fraction of sp³-hybridized carbons (Fsp3) is 0.564. The summed E-state index contributed by atoms with van der Waals surface area (Å²) >= 11 is 0. The number of carbonyl (C=O) groups excluding carboxylic acids is 1. The van der Waals surface area contributed by atoms with Gasteiger partial charge in [0.2, 0.25) is 0 Å². The van der Waals surface area contributed by atoms with Gasteiger partial charge in [-0.1, -0.05) is 107 Å². The number of hydrogen-bond acceptors (Lipinski definition) is 2. The monoisotopic (exact) mass is 550 g/mol. The van der Waals surface area contributed by atoms with Crippen LogP contribution in [0.2, 0.25) is 0 Å². The van der Waals surface area contributed by atoms with E-state index < -0.39 is 0 Å². The maximum atomic E-state index is 11.3. The molecule has 0 aromatic heterocycles. The average molecular weight is 551 g/mol. The molecule has 3 aromatic rings. The lowest BCUT2D eigenvalue weighted by Gasteiger charge is -2.39. The first kappa shape index (κ1) is 28.5. The maximum Gasteiger partial charge on any atom is 0.305 e. The van der Waals surface area contributed by atoms with E-state index in [1.807, 2.05) is 6.92 Å². The van der Waals surface area contributed by atoms with Gasteiger partial charge in [-0.05, 0) is 113 Å². The Kier molecular flexibility index (Phi) is 8.30. The van der Waals surface area contributed by atoms with Gasteiger partial charge in [0.15, 0.2) is 0 Å². The van der Waals surface area contributed by atoms with Gasteiger partial charge in [0.25, 0.3) is 0 Å². The van der Waals surface area contributed by atoms with Crippen molar-refractivity contribution in [2.45, 2.75) is 78.6 Å². The second-order valence-electron chi connectivity index (χ2n) is 14.1. The first-order valence-electron chi connectivity index (χ1n) is 16.6. The summed E-state index contributed by atoms with van der Waals surface area (Å²) in [6, 6.07) is 27.2. The third kappa shape index (κ3) is 5.26. The van der Waals surface area contributed by atoms with Gasteiger partial charge in [-0.2, -0.15) is 0 Å². The highest BCUT2D eigenvalue weighted by Gasteiger charge is 2.55. The van der Waals surface area contributed by atoms with Gasteiger partial charge in [0, 0.05) is 6.42 Å². The minimum Gasteiger partial charge on any atom is -0.465 e. The zero-order valence-corrected chi connectivity index (χ0v) is 25.8. The molecule has 0 radical (unpaired) electrons. The van der Waals surface area contributed by atoms with E-state index in [4.69, 9.17) is 4.74 Å². The molecule has 0 saturated heterocycles. The van der Waals surface area contributed by atoms with Gasteiger partial charge in [0.1, 0.15) is 0 Å². The molecule has 0 aliphatic heterocycles. The van der Waals surface area contributed by atoms with Crippen LogP contribution in [0.25, 0.3) is 10.8 Å². The van der Waals surface area contributed by atoms with Crippen molar-refractivity contribution >= 4 is 16.7 Å². The molecule has 0 N–H and O–H groups in total. The number of rotatable bonds is 6. The fourth-order valence-electron chi connectivity index (χ4n) is 9.86. The van der Waals surface area contributed by atoms with Crippen molar-refractivity contribution < 1.29 is 9.53 Å². The molecule has 4 aliphatic carbocycles. The zero-order valence-electron chi connectivity index (χ0n) is 25.8. The largest absolute Gasteiger partial charge is 0.465 e. The first-order chi connectivity index (χ1) is 19.9. The third-order valence-corrected chi connectivity index (χ3v) is 12.3. The van der Waals surface area contributed by atoms with Crippen LogP contribution in [-0.4, -0.2) is 12.6 Å². The molecule has 4 fully saturated rings. The molecule has 41 heavy (non-hydrogen) atoms. The number of hydrogen-bond donors (Lipinski definition) is 0. The van der Waals surface area contributed by atoms with Crippen molar-refractivity contribution in [2.24, 2.45) is 53.3 Å². The van der Waals surface area contributed by atoms with Crippen LogP contribution in [0, 0.1) is 53.3 Å². The zero-order chi connectivity index (χ0) is 28.7. The van der Waals surface area contributed by atoms with E-state index in [0.717, 1.165) is 53.8 Å². The highest BCUT2D eigenvalue weighted by atomic mass is 16.5. The molecule has 2 nitrogen and oxygen atoms in total. The number of ether oxygens (including phenoxy) is 1.